The normalized spacial score (nSPS) is 10.6. The molecule has 0 saturated heterocycles. The summed E-state index contributed by atoms with van der Waals surface area (Å²) in [6.45, 7) is 3.36. The Bertz CT molecular complexity index is 1030. The minimum Gasteiger partial charge on any atom is -0.319 e. The van der Waals surface area contributed by atoms with Gasteiger partial charge in [-0.05, 0) is 37.6 Å². The summed E-state index contributed by atoms with van der Waals surface area (Å²) in [5.74, 6) is -0.996. The molecule has 0 unspecified atom stereocenters. The molecule has 27 heavy (non-hydrogen) atoms. The molecular weight excluding hydrogens is 351 g/mol. The molecule has 2 aromatic carbocycles. The van der Waals surface area contributed by atoms with Crippen molar-refractivity contribution < 1.29 is 14.1 Å². The topological polar surface area (TPSA) is 90.1 Å². The maximum absolute atomic E-state index is 13.8. The summed E-state index contributed by atoms with van der Waals surface area (Å²) in [7, 11) is 0. The number of hydrogen-bond donors (Lipinski definition) is 1. The van der Waals surface area contributed by atoms with Gasteiger partial charge < -0.3 is 5.32 Å². The van der Waals surface area contributed by atoms with Crippen molar-refractivity contribution in [1.29, 1.82) is 0 Å². The minimum absolute atomic E-state index is 0.0386. The molecular formula is C19H17FN4O3. The third-order valence-corrected chi connectivity index (χ3v) is 4.23. The van der Waals surface area contributed by atoms with Crippen LogP contribution in [-0.2, 0) is 6.54 Å². The fourth-order valence-corrected chi connectivity index (χ4v) is 2.90. The van der Waals surface area contributed by atoms with Gasteiger partial charge in [-0.15, -0.1) is 0 Å². The molecule has 138 valence electrons. The number of benzene rings is 2. The number of carbonyl (C=O) groups excluding carboxylic acids is 1. The largest absolute Gasteiger partial charge is 0.319 e. The third-order valence-electron chi connectivity index (χ3n) is 4.23. The summed E-state index contributed by atoms with van der Waals surface area (Å²) in [4.78, 5) is 23.3. The van der Waals surface area contributed by atoms with E-state index in [-0.39, 0.29) is 17.9 Å². The molecule has 1 aromatic heterocycles. The molecule has 0 radical (unpaired) electrons. The summed E-state index contributed by atoms with van der Waals surface area (Å²) >= 11 is 0. The van der Waals surface area contributed by atoms with E-state index in [1.54, 1.807) is 44.2 Å². The standard InChI is InChI=1S/C19H17FN4O3/c1-12-18(24(26)27)13(2)23(22-12)11-14-7-3-4-8-15(14)19(25)21-17-10-6-5-9-16(17)20/h3-10H,11H2,1-2H3,(H,21,25). The Morgan fingerprint density at radius 3 is 2.52 bits per heavy atom. The van der Waals surface area contributed by atoms with Crippen molar-refractivity contribution >= 4 is 17.3 Å². The zero-order chi connectivity index (χ0) is 19.6. The number of amides is 1. The van der Waals surface area contributed by atoms with E-state index in [1.807, 2.05) is 0 Å². The monoisotopic (exact) mass is 368 g/mol. The van der Waals surface area contributed by atoms with Crippen LogP contribution in [0.3, 0.4) is 0 Å². The molecule has 0 fully saturated rings. The molecule has 3 aromatic rings. The van der Waals surface area contributed by atoms with Gasteiger partial charge in [0, 0.05) is 5.56 Å². The predicted octanol–water partition coefficient (Wildman–Crippen LogP) is 3.85. The van der Waals surface area contributed by atoms with Gasteiger partial charge in [-0.1, -0.05) is 30.3 Å². The number of nitrogens with one attached hydrogen (secondary N) is 1. The van der Waals surface area contributed by atoms with Crippen LogP contribution in [0.4, 0.5) is 15.8 Å². The van der Waals surface area contributed by atoms with Crippen LogP contribution in [0.5, 0.6) is 0 Å². The molecule has 0 atom stereocenters. The highest BCUT2D eigenvalue weighted by molar-refractivity contribution is 6.05. The Kier molecular flexibility index (Phi) is 4.98. The average Bonchev–Trinajstić information content (AvgIpc) is 2.91. The van der Waals surface area contributed by atoms with Crippen molar-refractivity contribution in [2.24, 2.45) is 0 Å². The molecule has 1 heterocycles. The number of carbonyl (C=O) groups is 1. The first-order valence-electron chi connectivity index (χ1n) is 8.20. The van der Waals surface area contributed by atoms with E-state index in [9.17, 15) is 19.3 Å². The van der Waals surface area contributed by atoms with Gasteiger partial charge in [0.2, 0.25) is 0 Å². The van der Waals surface area contributed by atoms with E-state index >= 15 is 0 Å². The first-order valence-corrected chi connectivity index (χ1v) is 8.20. The van der Waals surface area contributed by atoms with Crippen LogP contribution in [0.2, 0.25) is 0 Å². The van der Waals surface area contributed by atoms with Crippen LogP contribution in [-0.4, -0.2) is 20.6 Å². The highest BCUT2D eigenvalue weighted by atomic mass is 19.1. The Morgan fingerprint density at radius 2 is 1.85 bits per heavy atom. The highest BCUT2D eigenvalue weighted by Crippen LogP contribution is 2.23. The van der Waals surface area contributed by atoms with Crippen molar-refractivity contribution in [1.82, 2.24) is 9.78 Å². The minimum atomic E-state index is -0.530. The molecule has 0 aliphatic carbocycles. The molecule has 0 spiro atoms. The number of nitrogens with zero attached hydrogens (tertiary/aromatic N) is 3. The number of rotatable bonds is 5. The predicted molar refractivity (Wildman–Crippen MR) is 98.3 cm³/mol. The second-order valence-electron chi connectivity index (χ2n) is 6.03. The van der Waals surface area contributed by atoms with Gasteiger partial charge >= 0.3 is 5.69 Å². The maximum Gasteiger partial charge on any atom is 0.312 e. The Morgan fingerprint density at radius 1 is 1.19 bits per heavy atom. The molecule has 0 aliphatic heterocycles. The van der Waals surface area contributed by atoms with E-state index in [2.05, 4.69) is 10.4 Å². The van der Waals surface area contributed by atoms with Crippen LogP contribution >= 0.6 is 0 Å². The number of para-hydroxylation sites is 1. The van der Waals surface area contributed by atoms with Gasteiger partial charge in [-0.25, -0.2) is 4.39 Å². The van der Waals surface area contributed by atoms with Gasteiger partial charge in [-0.2, -0.15) is 5.10 Å². The number of hydrogen-bond acceptors (Lipinski definition) is 4. The number of aromatic nitrogens is 2. The molecule has 1 amide bonds. The Labute approximate surface area is 154 Å². The fourth-order valence-electron chi connectivity index (χ4n) is 2.90. The molecule has 7 nitrogen and oxygen atoms in total. The lowest BCUT2D eigenvalue weighted by atomic mass is 10.1. The lowest BCUT2D eigenvalue weighted by Gasteiger charge is -2.11. The van der Waals surface area contributed by atoms with E-state index < -0.39 is 16.6 Å². The van der Waals surface area contributed by atoms with Crippen molar-refractivity contribution in [2.45, 2.75) is 20.4 Å². The maximum atomic E-state index is 13.8. The first-order chi connectivity index (χ1) is 12.9. The molecule has 1 N–H and O–H groups in total. The third kappa shape index (κ3) is 3.69. The van der Waals surface area contributed by atoms with E-state index in [4.69, 9.17) is 0 Å². The number of nitro groups is 1. The number of anilines is 1. The number of aryl methyl sites for hydroxylation is 1. The Hall–Kier alpha value is -3.55. The summed E-state index contributed by atoms with van der Waals surface area (Å²) in [5, 5.41) is 17.9. The summed E-state index contributed by atoms with van der Waals surface area (Å²) in [6, 6.07) is 12.7. The van der Waals surface area contributed by atoms with Crippen LogP contribution in [0, 0.1) is 29.8 Å². The average molecular weight is 368 g/mol. The lowest BCUT2D eigenvalue weighted by molar-refractivity contribution is -0.386. The van der Waals surface area contributed by atoms with E-state index in [1.165, 1.54) is 22.9 Å². The molecule has 0 aliphatic rings. The summed E-state index contributed by atoms with van der Waals surface area (Å²) in [6.07, 6.45) is 0. The zero-order valence-corrected chi connectivity index (χ0v) is 14.8. The molecule has 3 rings (SSSR count). The van der Waals surface area contributed by atoms with Crippen LogP contribution < -0.4 is 5.32 Å². The summed E-state index contributed by atoms with van der Waals surface area (Å²) < 4.78 is 15.3. The van der Waals surface area contributed by atoms with Crippen LogP contribution in [0.1, 0.15) is 27.3 Å². The second-order valence-corrected chi connectivity index (χ2v) is 6.03. The van der Waals surface area contributed by atoms with Crippen LogP contribution in [0.15, 0.2) is 48.5 Å². The smallest absolute Gasteiger partial charge is 0.312 e. The molecule has 8 heteroatoms. The van der Waals surface area contributed by atoms with Crippen molar-refractivity contribution in [3.05, 3.63) is 87.0 Å². The molecule has 0 saturated carbocycles. The van der Waals surface area contributed by atoms with E-state index in [0.29, 0.717) is 22.5 Å². The first kappa shape index (κ1) is 18.2. The van der Waals surface area contributed by atoms with E-state index in [0.717, 1.165) is 0 Å². The van der Waals surface area contributed by atoms with Crippen molar-refractivity contribution in [3.8, 4) is 0 Å². The molecule has 0 bridgehead atoms. The Balaban J connectivity index is 1.91. The van der Waals surface area contributed by atoms with Gasteiger partial charge in [0.15, 0.2) is 0 Å². The summed E-state index contributed by atoms with van der Waals surface area (Å²) in [5.41, 5.74) is 1.72. The lowest BCUT2D eigenvalue weighted by Crippen LogP contribution is -2.17. The van der Waals surface area contributed by atoms with Crippen molar-refractivity contribution in [3.63, 3.8) is 0 Å². The quantitative estimate of drug-likeness (QED) is 0.547. The second kappa shape index (κ2) is 7.36. The zero-order valence-electron chi connectivity index (χ0n) is 14.8. The number of halogens is 1. The van der Waals surface area contributed by atoms with Crippen LogP contribution in [0.25, 0.3) is 0 Å². The van der Waals surface area contributed by atoms with Gasteiger partial charge in [0.25, 0.3) is 5.91 Å². The van der Waals surface area contributed by atoms with Crippen molar-refractivity contribution in [2.75, 3.05) is 5.32 Å². The van der Waals surface area contributed by atoms with Gasteiger partial charge in [0.1, 0.15) is 17.2 Å². The van der Waals surface area contributed by atoms with Gasteiger partial charge in [0.05, 0.1) is 17.2 Å². The van der Waals surface area contributed by atoms with Gasteiger partial charge in [-0.3, -0.25) is 19.6 Å². The fraction of sp³-hybridized carbons (Fsp3) is 0.158. The highest BCUT2D eigenvalue weighted by Gasteiger charge is 2.22. The SMILES string of the molecule is Cc1nn(Cc2ccccc2C(=O)Nc2ccccc2F)c(C)c1[N+](=O)[O-].